The Labute approximate surface area is 148 Å². The molecule has 2 heterocycles. The maximum Gasteiger partial charge on any atom is 0.230 e. The quantitative estimate of drug-likeness (QED) is 0.628. The third kappa shape index (κ3) is 3.65. The highest BCUT2D eigenvalue weighted by atomic mass is 32.2. The first-order valence-electron chi connectivity index (χ1n) is 7.49. The van der Waals surface area contributed by atoms with Crippen LogP contribution in [0, 0.1) is 0 Å². The number of thioether (sulfide) groups is 1. The zero-order valence-corrected chi connectivity index (χ0v) is 15.0. The molecule has 0 spiro atoms. The van der Waals surface area contributed by atoms with Gasteiger partial charge in [0.05, 0.1) is 11.4 Å². The van der Waals surface area contributed by atoms with Crippen LogP contribution in [0.5, 0.6) is 0 Å². The number of carbonyl (C=O) groups excluding carboxylic acids is 1. The van der Waals surface area contributed by atoms with Crippen LogP contribution in [0.15, 0.2) is 47.2 Å². The summed E-state index contributed by atoms with van der Waals surface area (Å²) in [5.74, 6) is 0.635. The van der Waals surface area contributed by atoms with E-state index in [2.05, 4.69) is 22.1 Å². The van der Waals surface area contributed by atoms with Gasteiger partial charge in [0.2, 0.25) is 5.91 Å². The molecule has 0 saturated carbocycles. The van der Waals surface area contributed by atoms with Gasteiger partial charge in [0.1, 0.15) is 6.33 Å². The van der Waals surface area contributed by atoms with Crippen molar-refractivity contribution >= 4 is 39.8 Å². The fraction of sp³-hybridized carbons (Fsp3) is 0.250. The molecule has 0 radical (unpaired) electrons. The number of rotatable bonds is 6. The average Bonchev–Trinajstić information content (AvgIpc) is 3.22. The van der Waals surface area contributed by atoms with Crippen LogP contribution < -0.4 is 4.90 Å². The summed E-state index contributed by atoms with van der Waals surface area (Å²) in [5, 5.41) is 11.6. The molecule has 0 N–H and O–H groups in total. The van der Waals surface area contributed by atoms with Gasteiger partial charge in [0.15, 0.2) is 10.3 Å². The number of thiazole rings is 1. The predicted molar refractivity (Wildman–Crippen MR) is 96.6 cm³/mol. The monoisotopic (exact) mass is 359 g/mol. The second-order valence-corrected chi connectivity index (χ2v) is 6.78. The molecule has 3 aromatic rings. The van der Waals surface area contributed by atoms with Crippen molar-refractivity contribution in [1.82, 2.24) is 19.7 Å². The Bertz CT molecular complexity index is 815. The number of nitrogens with zero attached hydrogens (tertiary/aromatic N) is 5. The standard InChI is InChI=1S/C16H17N5OS2/c1-3-20-11-17-19-16(20)24-10-13-9-23-15(18-13)21(12(2)22)14-7-5-4-6-8-14/h4-9,11H,3,10H2,1-2H3. The Hall–Kier alpha value is -2.19. The van der Waals surface area contributed by atoms with Gasteiger partial charge >= 0.3 is 0 Å². The summed E-state index contributed by atoms with van der Waals surface area (Å²) < 4.78 is 1.99. The molecule has 0 atom stereocenters. The molecular formula is C16H17N5OS2. The van der Waals surface area contributed by atoms with Gasteiger partial charge in [-0.1, -0.05) is 30.0 Å². The first-order chi connectivity index (χ1) is 11.7. The van der Waals surface area contributed by atoms with Crippen molar-refractivity contribution in [3.63, 3.8) is 0 Å². The number of aromatic nitrogens is 4. The second kappa shape index (κ2) is 7.59. The fourth-order valence-electron chi connectivity index (χ4n) is 2.18. The minimum absolute atomic E-state index is 0.0551. The van der Waals surface area contributed by atoms with E-state index in [1.54, 1.807) is 29.9 Å². The molecule has 0 unspecified atom stereocenters. The van der Waals surface area contributed by atoms with Gasteiger partial charge in [-0.2, -0.15) is 0 Å². The third-order valence-electron chi connectivity index (χ3n) is 3.33. The minimum atomic E-state index is -0.0551. The zero-order valence-electron chi connectivity index (χ0n) is 13.4. The largest absolute Gasteiger partial charge is 0.309 e. The van der Waals surface area contributed by atoms with Gasteiger partial charge in [-0.15, -0.1) is 21.5 Å². The van der Waals surface area contributed by atoms with Crippen molar-refractivity contribution in [3.05, 3.63) is 47.7 Å². The molecular weight excluding hydrogens is 342 g/mol. The highest BCUT2D eigenvalue weighted by molar-refractivity contribution is 7.98. The summed E-state index contributed by atoms with van der Waals surface area (Å²) in [4.78, 5) is 18.3. The molecule has 2 aromatic heterocycles. The van der Waals surface area contributed by atoms with E-state index in [0.717, 1.165) is 23.1 Å². The SMILES string of the molecule is CCn1cnnc1SCc1csc(N(C(C)=O)c2ccccc2)n1. The topological polar surface area (TPSA) is 63.9 Å². The molecule has 0 bridgehead atoms. The van der Waals surface area contributed by atoms with Crippen LogP contribution in [0.3, 0.4) is 0 Å². The van der Waals surface area contributed by atoms with Crippen molar-refractivity contribution in [3.8, 4) is 0 Å². The first-order valence-corrected chi connectivity index (χ1v) is 9.36. The predicted octanol–water partition coefficient (Wildman–Crippen LogP) is 3.73. The van der Waals surface area contributed by atoms with Crippen LogP contribution in [0.1, 0.15) is 19.5 Å². The van der Waals surface area contributed by atoms with E-state index < -0.39 is 0 Å². The Kier molecular flexibility index (Phi) is 5.27. The van der Waals surface area contributed by atoms with E-state index in [9.17, 15) is 4.79 Å². The Morgan fingerprint density at radius 2 is 2.12 bits per heavy atom. The Morgan fingerprint density at radius 1 is 1.33 bits per heavy atom. The summed E-state index contributed by atoms with van der Waals surface area (Å²) in [6, 6.07) is 9.55. The van der Waals surface area contributed by atoms with Crippen molar-refractivity contribution in [2.24, 2.45) is 0 Å². The van der Waals surface area contributed by atoms with E-state index in [1.807, 2.05) is 40.3 Å². The minimum Gasteiger partial charge on any atom is -0.309 e. The number of para-hydroxylation sites is 1. The molecule has 0 fully saturated rings. The van der Waals surface area contributed by atoms with E-state index in [-0.39, 0.29) is 5.91 Å². The molecule has 0 aliphatic rings. The molecule has 0 saturated heterocycles. The van der Waals surface area contributed by atoms with Crippen LogP contribution >= 0.6 is 23.1 Å². The van der Waals surface area contributed by atoms with E-state index in [1.165, 1.54) is 11.3 Å². The average molecular weight is 359 g/mol. The van der Waals surface area contributed by atoms with Crippen LogP contribution in [-0.2, 0) is 17.1 Å². The summed E-state index contributed by atoms with van der Waals surface area (Å²) in [7, 11) is 0. The number of carbonyl (C=O) groups is 1. The summed E-state index contributed by atoms with van der Waals surface area (Å²) >= 11 is 3.06. The van der Waals surface area contributed by atoms with E-state index in [0.29, 0.717) is 10.9 Å². The number of aryl methyl sites for hydroxylation is 1. The van der Waals surface area contributed by atoms with Gasteiger partial charge in [-0.05, 0) is 19.1 Å². The van der Waals surface area contributed by atoms with Crippen LogP contribution in [0.4, 0.5) is 10.8 Å². The van der Waals surface area contributed by atoms with Gasteiger partial charge in [0.25, 0.3) is 0 Å². The van der Waals surface area contributed by atoms with E-state index >= 15 is 0 Å². The molecule has 1 amide bonds. The molecule has 3 rings (SSSR count). The molecule has 0 aliphatic carbocycles. The summed E-state index contributed by atoms with van der Waals surface area (Å²) in [6.07, 6.45) is 1.72. The van der Waals surface area contributed by atoms with Gasteiger partial charge in [0, 0.05) is 24.6 Å². The number of hydrogen-bond acceptors (Lipinski definition) is 6. The van der Waals surface area contributed by atoms with E-state index in [4.69, 9.17) is 0 Å². The molecule has 8 heteroatoms. The van der Waals surface area contributed by atoms with Crippen LogP contribution in [0.25, 0.3) is 0 Å². The van der Waals surface area contributed by atoms with Gasteiger partial charge in [-0.25, -0.2) is 4.98 Å². The number of anilines is 2. The highest BCUT2D eigenvalue weighted by Gasteiger charge is 2.17. The lowest BCUT2D eigenvalue weighted by atomic mass is 10.3. The van der Waals surface area contributed by atoms with Crippen molar-refractivity contribution in [2.45, 2.75) is 31.3 Å². The maximum absolute atomic E-state index is 12.0. The van der Waals surface area contributed by atoms with Crippen LogP contribution in [-0.4, -0.2) is 25.7 Å². The van der Waals surface area contributed by atoms with Gasteiger partial charge in [-0.3, -0.25) is 9.69 Å². The molecule has 124 valence electrons. The normalized spacial score (nSPS) is 10.8. The number of benzene rings is 1. The molecule has 24 heavy (non-hydrogen) atoms. The van der Waals surface area contributed by atoms with Crippen molar-refractivity contribution < 1.29 is 4.79 Å². The lowest BCUT2D eigenvalue weighted by molar-refractivity contribution is -0.115. The second-order valence-electron chi connectivity index (χ2n) is 5.00. The van der Waals surface area contributed by atoms with Crippen LogP contribution in [0.2, 0.25) is 0 Å². The third-order valence-corrected chi connectivity index (χ3v) is 5.22. The fourth-order valence-corrected chi connectivity index (χ4v) is 4.04. The lowest BCUT2D eigenvalue weighted by Crippen LogP contribution is -2.22. The molecule has 1 aromatic carbocycles. The number of hydrogen-bond donors (Lipinski definition) is 0. The Morgan fingerprint density at radius 3 is 2.83 bits per heavy atom. The van der Waals surface area contributed by atoms with Crippen molar-refractivity contribution in [2.75, 3.05) is 4.90 Å². The number of amides is 1. The summed E-state index contributed by atoms with van der Waals surface area (Å²) in [5.41, 5.74) is 1.75. The highest BCUT2D eigenvalue weighted by Crippen LogP contribution is 2.30. The first kappa shape index (κ1) is 16.7. The molecule has 0 aliphatic heterocycles. The summed E-state index contributed by atoms with van der Waals surface area (Å²) in [6.45, 7) is 4.44. The van der Waals surface area contributed by atoms with Crippen molar-refractivity contribution in [1.29, 1.82) is 0 Å². The zero-order chi connectivity index (χ0) is 16.9. The molecule has 6 nitrogen and oxygen atoms in total. The maximum atomic E-state index is 12.0. The Balaban J connectivity index is 1.75. The lowest BCUT2D eigenvalue weighted by Gasteiger charge is -2.17. The smallest absolute Gasteiger partial charge is 0.230 e. The van der Waals surface area contributed by atoms with Gasteiger partial charge < -0.3 is 4.57 Å².